The molecular formula is C11H8FNOS. The van der Waals surface area contributed by atoms with Gasteiger partial charge in [0.1, 0.15) is 5.69 Å². The number of pyridine rings is 1. The van der Waals surface area contributed by atoms with Crippen molar-refractivity contribution in [2.75, 3.05) is 0 Å². The number of halogens is 1. The second-order valence-electron chi connectivity index (χ2n) is 3.07. The molecule has 0 radical (unpaired) electrons. The zero-order valence-electron chi connectivity index (χ0n) is 8.03. The molecule has 0 spiro atoms. The van der Waals surface area contributed by atoms with E-state index in [0.717, 1.165) is 4.88 Å². The van der Waals surface area contributed by atoms with Gasteiger partial charge in [-0.25, -0.2) is 9.37 Å². The SMILES string of the molecule is Cc1ccc(C(=O)c2ncccc2F)s1. The summed E-state index contributed by atoms with van der Waals surface area (Å²) in [6.45, 7) is 1.90. The van der Waals surface area contributed by atoms with Crippen molar-refractivity contribution in [3.8, 4) is 0 Å². The summed E-state index contributed by atoms with van der Waals surface area (Å²) in [6, 6.07) is 6.22. The van der Waals surface area contributed by atoms with Crippen LogP contribution in [0, 0.1) is 12.7 Å². The third-order valence-electron chi connectivity index (χ3n) is 1.94. The first kappa shape index (κ1) is 9.98. The molecule has 2 aromatic rings. The van der Waals surface area contributed by atoms with Gasteiger partial charge in [-0.05, 0) is 31.2 Å². The monoisotopic (exact) mass is 221 g/mol. The smallest absolute Gasteiger partial charge is 0.224 e. The highest BCUT2D eigenvalue weighted by molar-refractivity contribution is 7.14. The normalized spacial score (nSPS) is 10.3. The van der Waals surface area contributed by atoms with E-state index in [2.05, 4.69) is 4.98 Å². The Morgan fingerprint density at radius 1 is 1.40 bits per heavy atom. The van der Waals surface area contributed by atoms with Crippen LogP contribution in [0.1, 0.15) is 20.2 Å². The van der Waals surface area contributed by atoms with E-state index in [0.29, 0.717) is 4.88 Å². The third-order valence-corrected chi connectivity index (χ3v) is 2.94. The van der Waals surface area contributed by atoms with Crippen LogP contribution in [0.4, 0.5) is 4.39 Å². The van der Waals surface area contributed by atoms with Crippen molar-refractivity contribution in [2.45, 2.75) is 6.92 Å². The molecule has 0 atom stereocenters. The van der Waals surface area contributed by atoms with Crippen molar-refractivity contribution < 1.29 is 9.18 Å². The summed E-state index contributed by atoms with van der Waals surface area (Å²) in [7, 11) is 0. The van der Waals surface area contributed by atoms with Crippen LogP contribution in [-0.4, -0.2) is 10.8 Å². The van der Waals surface area contributed by atoms with Crippen molar-refractivity contribution in [1.82, 2.24) is 4.98 Å². The maximum atomic E-state index is 13.3. The molecule has 2 aromatic heterocycles. The Balaban J connectivity index is 2.41. The molecule has 0 bridgehead atoms. The summed E-state index contributed by atoms with van der Waals surface area (Å²) in [4.78, 5) is 17.1. The Bertz CT molecular complexity index is 507. The molecule has 0 aromatic carbocycles. The maximum absolute atomic E-state index is 13.3. The summed E-state index contributed by atoms with van der Waals surface area (Å²) >= 11 is 1.34. The Morgan fingerprint density at radius 3 is 2.80 bits per heavy atom. The Hall–Kier alpha value is -1.55. The molecule has 0 unspecified atom stereocenters. The molecule has 76 valence electrons. The van der Waals surface area contributed by atoms with Crippen LogP contribution in [0.2, 0.25) is 0 Å². The zero-order chi connectivity index (χ0) is 10.8. The summed E-state index contributed by atoms with van der Waals surface area (Å²) < 4.78 is 13.3. The second kappa shape index (κ2) is 3.90. The Labute approximate surface area is 90.4 Å². The highest BCUT2D eigenvalue weighted by Gasteiger charge is 2.16. The van der Waals surface area contributed by atoms with Crippen molar-refractivity contribution in [3.05, 3.63) is 51.7 Å². The van der Waals surface area contributed by atoms with Gasteiger partial charge in [0.25, 0.3) is 0 Å². The summed E-state index contributed by atoms with van der Waals surface area (Å²) in [5.74, 6) is -0.931. The summed E-state index contributed by atoms with van der Waals surface area (Å²) in [6.07, 6.45) is 1.41. The van der Waals surface area contributed by atoms with E-state index in [-0.39, 0.29) is 11.5 Å². The van der Waals surface area contributed by atoms with Gasteiger partial charge in [0.2, 0.25) is 5.78 Å². The molecule has 0 saturated heterocycles. The molecule has 2 heterocycles. The highest BCUT2D eigenvalue weighted by Crippen LogP contribution is 2.19. The minimum Gasteiger partial charge on any atom is -0.286 e. The number of ketones is 1. The average molecular weight is 221 g/mol. The molecular weight excluding hydrogens is 213 g/mol. The Morgan fingerprint density at radius 2 is 2.20 bits per heavy atom. The fraction of sp³-hybridized carbons (Fsp3) is 0.0909. The standard InChI is InChI=1S/C11H8FNOS/c1-7-4-5-9(15-7)11(14)10-8(12)3-2-6-13-10/h2-6H,1H3. The van der Waals surface area contributed by atoms with Crippen LogP contribution in [0.25, 0.3) is 0 Å². The molecule has 0 fully saturated rings. The third kappa shape index (κ3) is 1.94. The van der Waals surface area contributed by atoms with Gasteiger partial charge < -0.3 is 0 Å². The molecule has 0 saturated carbocycles. The average Bonchev–Trinajstić information content (AvgIpc) is 2.65. The highest BCUT2D eigenvalue weighted by atomic mass is 32.1. The predicted molar refractivity (Wildman–Crippen MR) is 56.7 cm³/mol. The van der Waals surface area contributed by atoms with Crippen LogP contribution >= 0.6 is 11.3 Å². The maximum Gasteiger partial charge on any atom is 0.224 e. The van der Waals surface area contributed by atoms with Crippen LogP contribution < -0.4 is 0 Å². The lowest BCUT2D eigenvalue weighted by molar-refractivity contribution is 0.103. The van der Waals surface area contributed by atoms with Crippen LogP contribution in [0.3, 0.4) is 0 Å². The largest absolute Gasteiger partial charge is 0.286 e. The van der Waals surface area contributed by atoms with Gasteiger partial charge in [0.05, 0.1) is 4.88 Å². The number of carbonyl (C=O) groups is 1. The first-order valence-corrected chi connectivity index (χ1v) is 5.22. The molecule has 0 aliphatic carbocycles. The van der Waals surface area contributed by atoms with E-state index in [1.54, 1.807) is 6.07 Å². The lowest BCUT2D eigenvalue weighted by atomic mass is 10.2. The summed E-state index contributed by atoms with van der Waals surface area (Å²) in [5, 5.41) is 0. The molecule has 0 N–H and O–H groups in total. The van der Waals surface area contributed by atoms with E-state index in [9.17, 15) is 9.18 Å². The summed E-state index contributed by atoms with van der Waals surface area (Å²) in [5.41, 5.74) is -0.112. The minimum atomic E-state index is -0.575. The lowest BCUT2D eigenvalue weighted by Gasteiger charge is -1.97. The predicted octanol–water partition coefficient (Wildman–Crippen LogP) is 2.82. The minimum absolute atomic E-state index is 0.112. The lowest BCUT2D eigenvalue weighted by Crippen LogP contribution is -2.04. The molecule has 0 aliphatic rings. The van der Waals surface area contributed by atoms with E-state index < -0.39 is 5.82 Å². The molecule has 0 aliphatic heterocycles. The number of nitrogens with zero attached hydrogens (tertiary/aromatic N) is 1. The van der Waals surface area contributed by atoms with Crippen molar-refractivity contribution >= 4 is 17.1 Å². The van der Waals surface area contributed by atoms with Gasteiger partial charge in [0.15, 0.2) is 5.82 Å². The van der Waals surface area contributed by atoms with Crippen LogP contribution in [0.15, 0.2) is 30.5 Å². The van der Waals surface area contributed by atoms with Crippen molar-refractivity contribution in [2.24, 2.45) is 0 Å². The fourth-order valence-corrected chi connectivity index (χ4v) is 2.03. The number of aromatic nitrogens is 1. The molecule has 4 heteroatoms. The van der Waals surface area contributed by atoms with E-state index >= 15 is 0 Å². The van der Waals surface area contributed by atoms with Crippen molar-refractivity contribution in [3.63, 3.8) is 0 Å². The number of aryl methyl sites for hydroxylation is 1. The van der Waals surface area contributed by atoms with E-state index in [1.807, 2.05) is 13.0 Å². The van der Waals surface area contributed by atoms with Crippen LogP contribution in [-0.2, 0) is 0 Å². The number of thiophene rings is 1. The van der Waals surface area contributed by atoms with Gasteiger partial charge in [-0.15, -0.1) is 11.3 Å². The van der Waals surface area contributed by atoms with Gasteiger partial charge in [0, 0.05) is 11.1 Å². The first-order chi connectivity index (χ1) is 7.18. The zero-order valence-corrected chi connectivity index (χ0v) is 8.84. The fourth-order valence-electron chi connectivity index (χ4n) is 1.23. The van der Waals surface area contributed by atoms with Gasteiger partial charge in [-0.2, -0.15) is 0 Å². The van der Waals surface area contributed by atoms with E-state index in [4.69, 9.17) is 0 Å². The Kier molecular flexibility index (Phi) is 2.60. The number of carbonyl (C=O) groups excluding carboxylic acids is 1. The van der Waals surface area contributed by atoms with Gasteiger partial charge in [-0.3, -0.25) is 4.79 Å². The molecule has 0 amide bonds. The topological polar surface area (TPSA) is 30.0 Å². The molecule has 2 rings (SSSR count). The number of hydrogen-bond donors (Lipinski definition) is 0. The number of rotatable bonds is 2. The van der Waals surface area contributed by atoms with Gasteiger partial charge in [-0.1, -0.05) is 0 Å². The number of hydrogen-bond acceptors (Lipinski definition) is 3. The van der Waals surface area contributed by atoms with Gasteiger partial charge >= 0.3 is 0 Å². The van der Waals surface area contributed by atoms with Crippen LogP contribution in [0.5, 0.6) is 0 Å². The molecule has 2 nitrogen and oxygen atoms in total. The van der Waals surface area contributed by atoms with E-state index in [1.165, 1.54) is 29.7 Å². The molecule has 15 heavy (non-hydrogen) atoms. The first-order valence-electron chi connectivity index (χ1n) is 4.40. The second-order valence-corrected chi connectivity index (χ2v) is 4.36. The van der Waals surface area contributed by atoms with Crippen molar-refractivity contribution in [1.29, 1.82) is 0 Å². The quantitative estimate of drug-likeness (QED) is 0.730.